The van der Waals surface area contributed by atoms with E-state index in [0.29, 0.717) is 5.95 Å². The summed E-state index contributed by atoms with van der Waals surface area (Å²) >= 11 is 3.33. The summed E-state index contributed by atoms with van der Waals surface area (Å²) in [5, 5.41) is 0.972. The Morgan fingerprint density at radius 2 is 2.08 bits per heavy atom. The molecule has 12 heavy (non-hydrogen) atoms. The first-order chi connectivity index (χ1) is 5.83. The molecule has 0 aromatic carbocycles. The lowest BCUT2D eigenvalue weighted by atomic mass is 10.3. The number of alkyl halides is 1. The fourth-order valence-electron chi connectivity index (χ4n) is 0.716. The molecule has 0 saturated carbocycles. The van der Waals surface area contributed by atoms with Crippen LogP contribution in [0.4, 0.5) is 5.95 Å². The number of allylic oxidation sites excluding steroid dienone is 1. The standard InChI is InChI=1S/C8H10BrN3/c9-4-2-1-3-7-5-11-8(10)12-6-7/h1,3,5-6H,2,4H2,(H2,10,11,12). The van der Waals surface area contributed by atoms with Gasteiger partial charge < -0.3 is 5.73 Å². The summed E-state index contributed by atoms with van der Waals surface area (Å²) in [6.45, 7) is 0. The van der Waals surface area contributed by atoms with Crippen molar-refractivity contribution in [2.24, 2.45) is 0 Å². The lowest BCUT2D eigenvalue weighted by Crippen LogP contribution is -1.92. The highest BCUT2D eigenvalue weighted by Gasteiger charge is 1.87. The fourth-order valence-corrected chi connectivity index (χ4v) is 0.981. The average Bonchev–Trinajstić information content (AvgIpc) is 2.09. The van der Waals surface area contributed by atoms with E-state index >= 15 is 0 Å². The smallest absolute Gasteiger partial charge is 0.219 e. The molecule has 1 rings (SSSR count). The summed E-state index contributed by atoms with van der Waals surface area (Å²) in [5.74, 6) is 0.313. The second kappa shape index (κ2) is 4.87. The number of halogens is 1. The monoisotopic (exact) mass is 227 g/mol. The van der Waals surface area contributed by atoms with Gasteiger partial charge in [0.2, 0.25) is 5.95 Å². The Balaban J connectivity index is 2.58. The fraction of sp³-hybridized carbons (Fsp3) is 0.250. The van der Waals surface area contributed by atoms with Crippen LogP contribution < -0.4 is 5.73 Å². The zero-order chi connectivity index (χ0) is 8.81. The Labute approximate surface area is 79.8 Å². The summed E-state index contributed by atoms with van der Waals surface area (Å²) in [7, 11) is 0. The van der Waals surface area contributed by atoms with Crippen molar-refractivity contribution in [2.45, 2.75) is 6.42 Å². The Bertz CT molecular complexity index is 256. The maximum Gasteiger partial charge on any atom is 0.219 e. The van der Waals surface area contributed by atoms with E-state index in [0.717, 1.165) is 17.3 Å². The van der Waals surface area contributed by atoms with Crippen molar-refractivity contribution in [3.05, 3.63) is 24.0 Å². The molecule has 64 valence electrons. The van der Waals surface area contributed by atoms with E-state index in [1.165, 1.54) is 0 Å². The molecule has 0 saturated heterocycles. The summed E-state index contributed by atoms with van der Waals surface area (Å²) in [6, 6.07) is 0. The largest absolute Gasteiger partial charge is 0.368 e. The van der Waals surface area contributed by atoms with Gasteiger partial charge in [-0.2, -0.15) is 0 Å². The van der Waals surface area contributed by atoms with Gasteiger partial charge in [-0.1, -0.05) is 28.1 Å². The third-order valence-electron chi connectivity index (χ3n) is 1.28. The second-order valence-electron chi connectivity index (χ2n) is 2.25. The van der Waals surface area contributed by atoms with Crippen molar-refractivity contribution < 1.29 is 0 Å². The van der Waals surface area contributed by atoms with Crippen LogP contribution in [0.1, 0.15) is 12.0 Å². The zero-order valence-electron chi connectivity index (χ0n) is 6.57. The number of nitrogens with two attached hydrogens (primary N) is 1. The van der Waals surface area contributed by atoms with Gasteiger partial charge >= 0.3 is 0 Å². The molecule has 1 aromatic rings. The zero-order valence-corrected chi connectivity index (χ0v) is 8.16. The molecule has 0 aliphatic heterocycles. The van der Waals surface area contributed by atoms with Gasteiger partial charge in [0.15, 0.2) is 0 Å². The van der Waals surface area contributed by atoms with Crippen LogP contribution in [0.3, 0.4) is 0 Å². The lowest BCUT2D eigenvalue weighted by molar-refractivity contribution is 1.17. The van der Waals surface area contributed by atoms with E-state index in [1.54, 1.807) is 12.4 Å². The number of aromatic nitrogens is 2. The van der Waals surface area contributed by atoms with E-state index in [4.69, 9.17) is 5.73 Å². The topological polar surface area (TPSA) is 51.8 Å². The molecule has 0 aliphatic rings. The van der Waals surface area contributed by atoms with E-state index in [-0.39, 0.29) is 0 Å². The molecule has 0 radical (unpaired) electrons. The third kappa shape index (κ3) is 3.00. The number of anilines is 1. The highest BCUT2D eigenvalue weighted by Crippen LogP contribution is 2.01. The predicted octanol–water partition coefficient (Wildman–Crippen LogP) is 1.86. The molecule has 2 N–H and O–H groups in total. The first-order valence-corrected chi connectivity index (χ1v) is 4.75. The van der Waals surface area contributed by atoms with Gasteiger partial charge in [-0.3, -0.25) is 0 Å². The van der Waals surface area contributed by atoms with Crippen LogP contribution in [0.2, 0.25) is 0 Å². The minimum Gasteiger partial charge on any atom is -0.368 e. The molecule has 1 aromatic heterocycles. The van der Waals surface area contributed by atoms with Crippen LogP contribution >= 0.6 is 15.9 Å². The molecule has 0 fully saturated rings. The molecule has 0 aliphatic carbocycles. The number of hydrogen-bond acceptors (Lipinski definition) is 3. The Hall–Kier alpha value is -0.900. The molecule has 0 spiro atoms. The van der Waals surface area contributed by atoms with Crippen molar-refractivity contribution >= 4 is 28.0 Å². The number of rotatable bonds is 3. The average molecular weight is 228 g/mol. The second-order valence-corrected chi connectivity index (χ2v) is 3.05. The first kappa shape index (κ1) is 9.19. The highest BCUT2D eigenvalue weighted by atomic mass is 79.9. The maximum atomic E-state index is 5.33. The van der Waals surface area contributed by atoms with Gasteiger partial charge in [0.05, 0.1) is 0 Å². The van der Waals surface area contributed by atoms with Gasteiger partial charge in [0.1, 0.15) is 0 Å². The summed E-state index contributed by atoms with van der Waals surface area (Å²) in [5.41, 5.74) is 6.30. The Morgan fingerprint density at radius 1 is 1.42 bits per heavy atom. The van der Waals surface area contributed by atoms with E-state index < -0.39 is 0 Å². The number of nitrogen functional groups attached to an aromatic ring is 1. The maximum absolute atomic E-state index is 5.33. The molecule has 3 nitrogen and oxygen atoms in total. The van der Waals surface area contributed by atoms with Crippen LogP contribution in [-0.4, -0.2) is 15.3 Å². The number of hydrogen-bond donors (Lipinski definition) is 1. The van der Waals surface area contributed by atoms with Crippen LogP contribution in [0.25, 0.3) is 6.08 Å². The van der Waals surface area contributed by atoms with Gasteiger partial charge in [0.25, 0.3) is 0 Å². The van der Waals surface area contributed by atoms with Crippen LogP contribution in [0.15, 0.2) is 18.5 Å². The summed E-state index contributed by atoms with van der Waals surface area (Å²) < 4.78 is 0. The minimum absolute atomic E-state index is 0.313. The molecule has 0 unspecified atom stereocenters. The third-order valence-corrected chi connectivity index (χ3v) is 1.74. The van der Waals surface area contributed by atoms with Crippen LogP contribution in [0.5, 0.6) is 0 Å². The van der Waals surface area contributed by atoms with E-state index in [2.05, 4.69) is 32.0 Å². The van der Waals surface area contributed by atoms with E-state index in [9.17, 15) is 0 Å². The molecule has 4 heteroatoms. The summed E-state index contributed by atoms with van der Waals surface area (Å²) in [6.07, 6.45) is 8.44. The van der Waals surface area contributed by atoms with Gasteiger partial charge in [-0.25, -0.2) is 9.97 Å². The van der Waals surface area contributed by atoms with Gasteiger partial charge in [-0.05, 0) is 6.42 Å². The first-order valence-electron chi connectivity index (χ1n) is 3.63. The van der Waals surface area contributed by atoms with Crippen molar-refractivity contribution in [2.75, 3.05) is 11.1 Å². The van der Waals surface area contributed by atoms with Crippen LogP contribution in [-0.2, 0) is 0 Å². The van der Waals surface area contributed by atoms with Crippen molar-refractivity contribution in [1.29, 1.82) is 0 Å². The molecular formula is C8H10BrN3. The molecule has 0 bridgehead atoms. The molecule has 1 heterocycles. The van der Waals surface area contributed by atoms with Gasteiger partial charge in [0, 0.05) is 23.3 Å². The van der Waals surface area contributed by atoms with Gasteiger partial charge in [-0.15, -0.1) is 0 Å². The predicted molar refractivity (Wildman–Crippen MR) is 53.9 cm³/mol. The molecular weight excluding hydrogens is 218 g/mol. The minimum atomic E-state index is 0.313. The molecule has 0 amide bonds. The number of nitrogens with zero attached hydrogens (tertiary/aromatic N) is 2. The van der Waals surface area contributed by atoms with Crippen molar-refractivity contribution in [1.82, 2.24) is 9.97 Å². The van der Waals surface area contributed by atoms with Crippen LogP contribution in [0, 0.1) is 0 Å². The van der Waals surface area contributed by atoms with Crippen molar-refractivity contribution in [3.63, 3.8) is 0 Å². The highest BCUT2D eigenvalue weighted by molar-refractivity contribution is 9.09. The summed E-state index contributed by atoms with van der Waals surface area (Å²) in [4.78, 5) is 7.72. The quantitative estimate of drug-likeness (QED) is 0.803. The Kier molecular flexibility index (Phi) is 3.73. The normalized spacial score (nSPS) is 10.8. The lowest BCUT2D eigenvalue weighted by Gasteiger charge is -1.92. The SMILES string of the molecule is Nc1ncc(C=CCCBr)cn1. The van der Waals surface area contributed by atoms with E-state index in [1.807, 2.05) is 6.08 Å². The van der Waals surface area contributed by atoms with Crippen molar-refractivity contribution in [3.8, 4) is 0 Å². The Morgan fingerprint density at radius 3 is 2.67 bits per heavy atom. The molecule has 0 atom stereocenters.